The van der Waals surface area contributed by atoms with Gasteiger partial charge in [-0.3, -0.25) is 0 Å². The molecule has 0 aliphatic rings. The second-order valence-corrected chi connectivity index (χ2v) is 3.27. The third kappa shape index (κ3) is 1.94. The highest BCUT2D eigenvalue weighted by molar-refractivity contribution is 7.04. The van der Waals surface area contributed by atoms with E-state index >= 15 is 0 Å². The Morgan fingerprint density at radius 3 is 2.75 bits per heavy atom. The van der Waals surface area contributed by atoms with Gasteiger partial charge >= 0.3 is 6.03 Å². The summed E-state index contributed by atoms with van der Waals surface area (Å²) in [7, 11) is 3.40. The molecule has 0 aliphatic carbocycles. The first-order valence-electron chi connectivity index (χ1n) is 3.50. The third-order valence-electron chi connectivity index (χ3n) is 1.40. The predicted molar refractivity (Wildman–Crippen MR) is 49.6 cm³/mol. The highest BCUT2D eigenvalue weighted by Gasteiger charge is 2.06. The van der Waals surface area contributed by atoms with Crippen LogP contribution in [0.15, 0.2) is 5.38 Å². The summed E-state index contributed by atoms with van der Waals surface area (Å²) in [5.41, 5.74) is 1.65. The van der Waals surface area contributed by atoms with Gasteiger partial charge in [-0.05, 0) is 18.5 Å². The van der Waals surface area contributed by atoms with Gasteiger partial charge in [0.05, 0.1) is 11.4 Å². The second kappa shape index (κ2) is 3.53. The van der Waals surface area contributed by atoms with Crippen molar-refractivity contribution < 1.29 is 4.79 Å². The van der Waals surface area contributed by atoms with Gasteiger partial charge in [-0.1, -0.05) is 0 Å². The molecule has 0 saturated carbocycles. The lowest BCUT2D eigenvalue weighted by molar-refractivity contribution is 0.230. The molecule has 0 radical (unpaired) electrons. The maximum absolute atomic E-state index is 11.2. The highest BCUT2D eigenvalue weighted by Crippen LogP contribution is 2.15. The molecule has 1 rings (SSSR count). The largest absolute Gasteiger partial charge is 0.331 e. The topological polar surface area (TPSA) is 45.2 Å². The van der Waals surface area contributed by atoms with E-state index in [-0.39, 0.29) is 6.03 Å². The first kappa shape index (κ1) is 8.99. The fourth-order valence-corrected chi connectivity index (χ4v) is 1.28. The van der Waals surface area contributed by atoms with Crippen molar-refractivity contribution in [1.29, 1.82) is 0 Å². The summed E-state index contributed by atoms with van der Waals surface area (Å²) in [6, 6.07) is -0.127. The van der Waals surface area contributed by atoms with Crippen LogP contribution in [0.25, 0.3) is 0 Å². The summed E-state index contributed by atoms with van der Waals surface area (Å²) in [6.07, 6.45) is 0. The van der Waals surface area contributed by atoms with E-state index in [1.165, 1.54) is 16.4 Å². The van der Waals surface area contributed by atoms with E-state index in [0.717, 1.165) is 11.4 Å². The molecule has 1 heterocycles. The average Bonchev–Trinajstić information content (AvgIpc) is 2.36. The monoisotopic (exact) mass is 185 g/mol. The summed E-state index contributed by atoms with van der Waals surface area (Å²) in [5.74, 6) is 0. The Morgan fingerprint density at radius 1 is 1.67 bits per heavy atom. The van der Waals surface area contributed by atoms with Crippen molar-refractivity contribution in [3.8, 4) is 0 Å². The molecule has 1 N–H and O–H groups in total. The zero-order valence-corrected chi connectivity index (χ0v) is 8.10. The minimum atomic E-state index is -0.127. The zero-order valence-electron chi connectivity index (χ0n) is 7.29. The van der Waals surface area contributed by atoms with Crippen molar-refractivity contribution in [2.24, 2.45) is 0 Å². The Labute approximate surface area is 75.4 Å². The van der Waals surface area contributed by atoms with Gasteiger partial charge in [0.25, 0.3) is 0 Å². The molecule has 0 unspecified atom stereocenters. The van der Waals surface area contributed by atoms with Gasteiger partial charge in [-0.25, -0.2) is 4.79 Å². The molecule has 4 nitrogen and oxygen atoms in total. The number of nitrogens with one attached hydrogen (secondary N) is 1. The standard InChI is InChI=1S/C7H11N3OS/c1-5-6(4-12-9-5)8-7(11)10(2)3/h4H,1-3H3,(H,8,11). The van der Waals surface area contributed by atoms with E-state index in [4.69, 9.17) is 0 Å². The van der Waals surface area contributed by atoms with Gasteiger partial charge < -0.3 is 10.2 Å². The number of carbonyl (C=O) groups excluding carboxylic acids is 1. The Bertz CT molecular complexity index is 282. The number of rotatable bonds is 1. The van der Waals surface area contributed by atoms with E-state index < -0.39 is 0 Å². The van der Waals surface area contributed by atoms with E-state index in [2.05, 4.69) is 9.69 Å². The normalized spacial score (nSPS) is 9.58. The molecule has 0 spiro atoms. The lowest BCUT2D eigenvalue weighted by atomic mass is 10.4. The molecule has 0 fully saturated rings. The van der Waals surface area contributed by atoms with Crippen molar-refractivity contribution in [2.75, 3.05) is 19.4 Å². The van der Waals surface area contributed by atoms with Crippen LogP contribution in [0.5, 0.6) is 0 Å². The lowest BCUT2D eigenvalue weighted by Crippen LogP contribution is -2.27. The van der Waals surface area contributed by atoms with Gasteiger partial charge in [0.15, 0.2) is 0 Å². The molecule has 2 amide bonds. The lowest BCUT2D eigenvalue weighted by Gasteiger charge is -2.10. The van der Waals surface area contributed by atoms with Crippen molar-refractivity contribution in [2.45, 2.75) is 6.92 Å². The fourth-order valence-electron chi connectivity index (χ4n) is 0.639. The zero-order chi connectivity index (χ0) is 9.14. The average molecular weight is 185 g/mol. The molecule has 0 aliphatic heterocycles. The maximum atomic E-state index is 11.2. The smallest absolute Gasteiger partial charge is 0.321 e. The van der Waals surface area contributed by atoms with Gasteiger partial charge in [-0.15, -0.1) is 0 Å². The molecule has 0 bridgehead atoms. The number of hydrogen-bond donors (Lipinski definition) is 1. The van der Waals surface area contributed by atoms with Crippen molar-refractivity contribution in [3.05, 3.63) is 11.1 Å². The first-order chi connectivity index (χ1) is 5.61. The Kier molecular flexibility index (Phi) is 2.65. The molecular weight excluding hydrogens is 174 g/mol. The van der Waals surface area contributed by atoms with Crippen LogP contribution in [0.1, 0.15) is 5.69 Å². The van der Waals surface area contributed by atoms with Gasteiger partial charge in [0, 0.05) is 19.5 Å². The summed E-state index contributed by atoms with van der Waals surface area (Å²) in [6.45, 7) is 1.86. The molecular formula is C7H11N3OS. The number of amides is 2. The van der Waals surface area contributed by atoms with E-state index in [0.29, 0.717) is 0 Å². The van der Waals surface area contributed by atoms with E-state index in [9.17, 15) is 4.79 Å². The van der Waals surface area contributed by atoms with Gasteiger partial charge in [-0.2, -0.15) is 4.37 Å². The number of aromatic nitrogens is 1. The Morgan fingerprint density at radius 2 is 2.33 bits per heavy atom. The minimum Gasteiger partial charge on any atom is -0.331 e. The van der Waals surface area contributed by atoms with E-state index in [1.807, 2.05) is 12.3 Å². The van der Waals surface area contributed by atoms with Crippen LogP contribution >= 0.6 is 11.5 Å². The second-order valence-electron chi connectivity index (χ2n) is 2.64. The summed E-state index contributed by atoms with van der Waals surface area (Å²) in [5, 5.41) is 4.54. The first-order valence-corrected chi connectivity index (χ1v) is 4.34. The molecule has 0 aromatic carbocycles. The fraction of sp³-hybridized carbons (Fsp3) is 0.429. The highest BCUT2D eigenvalue weighted by atomic mass is 32.1. The third-order valence-corrected chi connectivity index (χ3v) is 2.12. The van der Waals surface area contributed by atoms with Gasteiger partial charge in [0.1, 0.15) is 0 Å². The van der Waals surface area contributed by atoms with Crippen LogP contribution in [-0.4, -0.2) is 29.4 Å². The van der Waals surface area contributed by atoms with E-state index in [1.54, 1.807) is 14.1 Å². The van der Waals surface area contributed by atoms with Gasteiger partial charge in [0.2, 0.25) is 0 Å². The maximum Gasteiger partial charge on any atom is 0.321 e. The van der Waals surface area contributed by atoms with Crippen molar-refractivity contribution >= 4 is 23.3 Å². The summed E-state index contributed by atoms with van der Waals surface area (Å²) in [4.78, 5) is 12.6. The Balaban J connectivity index is 2.64. The molecule has 12 heavy (non-hydrogen) atoms. The molecule has 0 saturated heterocycles. The molecule has 1 aromatic rings. The van der Waals surface area contributed by atoms with Crippen LogP contribution in [0.3, 0.4) is 0 Å². The molecule has 0 atom stereocenters. The quantitative estimate of drug-likeness (QED) is 0.721. The number of anilines is 1. The predicted octanol–water partition coefficient (Wildman–Crippen LogP) is 1.55. The number of aryl methyl sites for hydroxylation is 1. The van der Waals surface area contributed by atoms with Crippen LogP contribution < -0.4 is 5.32 Å². The Hall–Kier alpha value is -1.10. The van der Waals surface area contributed by atoms with Crippen molar-refractivity contribution in [1.82, 2.24) is 9.27 Å². The minimum absolute atomic E-state index is 0.127. The SMILES string of the molecule is Cc1nscc1NC(=O)N(C)C. The van der Waals surface area contributed by atoms with Crippen LogP contribution in [0.4, 0.5) is 10.5 Å². The number of nitrogens with zero attached hydrogens (tertiary/aromatic N) is 2. The van der Waals surface area contributed by atoms with Crippen LogP contribution in [0, 0.1) is 6.92 Å². The number of carbonyl (C=O) groups is 1. The molecule has 1 aromatic heterocycles. The molecule has 5 heteroatoms. The summed E-state index contributed by atoms with van der Waals surface area (Å²) < 4.78 is 4.04. The van der Waals surface area contributed by atoms with Crippen LogP contribution in [0.2, 0.25) is 0 Å². The van der Waals surface area contributed by atoms with Crippen molar-refractivity contribution in [3.63, 3.8) is 0 Å². The summed E-state index contributed by atoms with van der Waals surface area (Å²) >= 11 is 1.34. The number of hydrogen-bond acceptors (Lipinski definition) is 3. The van der Waals surface area contributed by atoms with Crippen LogP contribution in [-0.2, 0) is 0 Å². The molecule has 66 valence electrons. The number of urea groups is 1.